The summed E-state index contributed by atoms with van der Waals surface area (Å²) in [4.78, 5) is 13.8. The van der Waals surface area contributed by atoms with E-state index >= 15 is 0 Å². The molecule has 1 aromatic carbocycles. The lowest BCUT2D eigenvalue weighted by Crippen LogP contribution is -2.38. The van der Waals surface area contributed by atoms with Crippen LogP contribution in [-0.2, 0) is 29.0 Å². The summed E-state index contributed by atoms with van der Waals surface area (Å²) in [5.41, 5.74) is 0. The van der Waals surface area contributed by atoms with Crippen molar-refractivity contribution in [3.05, 3.63) is 58.5 Å². The van der Waals surface area contributed by atoms with Gasteiger partial charge >= 0.3 is 0 Å². The maximum absolute atomic E-state index is 13.1. The predicted molar refractivity (Wildman–Crippen MR) is 134 cm³/mol. The SMILES string of the molecule is COCCNC(=O)C1=C[C@H](c2cccs2)C[C@H](OCCN(CCO)S(=O)(=O)c2ccc(OC)cc2)O1. The van der Waals surface area contributed by atoms with Crippen LogP contribution in [0.25, 0.3) is 0 Å². The van der Waals surface area contributed by atoms with Crippen LogP contribution in [0.2, 0.25) is 0 Å². The molecular formula is C24H32N2O8S2. The van der Waals surface area contributed by atoms with E-state index in [9.17, 15) is 18.3 Å². The minimum atomic E-state index is -3.86. The molecule has 36 heavy (non-hydrogen) atoms. The fraction of sp³-hybridized carbons (Fsp3) is 0.458. The monoisotopic (exact) mass is 540 g/mol. The summed E-state index contributed by atoms with van der Waals surface area (Å²) in [7, 11) is -0.814. The highest BCUT2D eigenvalue weighted by molar-refractivity contribution is 7.89. The third-order valence-corrected chi connectivity index (χ3v) is 8.39. The van der Waals surface area contributed by atoms with Crippen molar-refractivity contribution in [1.82, 2.24) is 9.62 Å². The average Bonchev–Trinajstić information content (AvgIpc) is 3.43. The van der Waals surface area contributed by atoms with Crippen molar-refractivity contribution in [1.29, 1.82) is 0 Å². The second-order valence-electron chi connectivity index (χ2n) is 7.86. The van der Waals surface area contributed by atoms with Crippen LogP contribution in [0.4, 0.5) is 0 Å². The van der Waals surface area contributed by atoms with E-state index in [-0.39, 0.29) is 48.8 Å². The Morgan fingerprint density at radius 2 is 1.97 bits per heavy atom. The molecule has 0 spiro atoms. The van der Waals surface area contributed by atoms with Gasteiger partial charge in [-0.3, -0.25) is 4.79 Å². The molecule has 2 atom stereocenters. The Morgan fingerprint density at radius 1 is 1.19 bits per heavy atom. The molecule has 3 rings (SSSR count). The van der Waals surface area contributed by atoms with Gasteiger partial charge in [0.1, 0.15) is 5.75 Å². The Labute approximate surface area is 215 Å². The number of aliphatic hydroxyl groups excluding tert-OH is 1. The highest BCUT2D eigenvalue weighted by atomic mass is 32.2. The first-order chi connectivity index (χ1) is 17.4. The van der Waals surface area contributed by atoms with Crippen molar-refractivity contribution in [2.75, 3.05) is 53.7 Å². The molecule has 1 amide bonds. The lowest BCUT2D eigenvalue weighted by Gasteiger charge is -2.29. The number of benzene rings is 1. The topological polar surface area (TPSA) is 124 Å². The number of nitrogens with one attached hydrogen (secondary N) is 1. The number of methoxy groups -OCH3 is 2. The highest BCUT2D eigenvalue weighted by Crippen LogP contribution is 2.33. The Bertz CT molecular complexity index is 1090. The number of thiophene rings is 1. The molecule has 0 fully saturated rings. The van der Waals surface area contributed by atoms with Crippen molar-refractivity contribution < 1.29 is 37.3 Å². The van der Waals surface area contributed by atoms with E-state index < -0.39 is 16.3 Å². The Balaban J connectivity index is 1.66. The van der Waals surface area contributed by atoms with E-state index in [0.717, 1.165) is 9.18 Å². The minimum Gasteiger partial charge on any atom is -0.497 e. The van der Waals surface area contributed by atoms with Crippen LogP contribution < -0.4 is 10.1 Å². The Kier molecular flexibility index (Phi) is 10.7. The minimum absolute atomic E-state index is 0.00245. The molecule has 10 nitrogen and oxygen atoms in total. The van der Waals surface area contributed by atoms with Crippen molar-refractivity contribution >= 4 is 27.3 Å². The smallest absolute Gasteiger partial charge is 0.286 e. The molecule has 0 unspecified atom stereocenters. The molecule has 1 aromatic heterocycles. The van der Waals surface area contributed by atoms with Crippen LogP contribution in [0.5, 0.6) is 5.75 Å². The number of allylic oxidation sites excluding steroid dienone is 1. The quantitative estimate of drug-likeness (QED) is 0.349. The van der Waals surface area contributed by atoms with Gasteiger partial charge in [0.05, 0.1) is 31.8 Å². The van der Waals surface area contributed by atoms with Crippen molar-refractivity contribution in [2.24, 2.45) is 0 Å². The zero-order valence-corrected chi connectivity index (χ0v) is 21.9. The molecular weight excluding hydrogens is 508 g/mol. The lowest BCUT2D eigenvalue weighted by molar-refractivity contribution is -0.146. The van der Waals surface area contributed by atoms with Crippen LogP contribution in [0.3, 0.4) is 0 Å². The number of hydrogen-bond donors (Lipinski definition) is 2. The lowest BCUT2D eigenvalue weighted by atomic mass is 9.99. The number of aliphatic hydroxyl groups is 1. The summed E-state index contributed by atoms with van der Waals surface area (Å²) in [6.07, 6.45) is 1.51. The van der Waals surface area contributed by atoms with Gasteiger partial charge in [-0.2, -0.15) is 4.31 Å². The third-order valence-electron chi connectivity index (χ3n) is 5.47. The van der Waals surface area contributed by atoms with Crippen LogP contribution in [-0.4, -0.2) is 83.7 Å². The molecule has 0 bridgehead atoms. The van der Waals surface area contributed by atoms with Gasteiger partial charge < -0.3 is 29.4 Å². The molecule has 0 aliphatic carbocycles. The molecule has 1 aliphatic heterocycles. The highest BCUT2D eigenvalue weighted by Gasteiger charge is 2.30. The van der Waals surface area contributed by atoms with Crippen molar-refractivity contribution in [3.63, 3.8) is 0 Å². The van der Waals surface area contributed by atoms with E-state index in [1.54, 1.807) is 36.7 Å². The van der Waals surface area contributed by atoms with Crippen LogP contribution in [0.1, 0.15) is 17.2 Å². The number of carbonyl (C=O) groups is 1. The maximum atomic E-state index is 13.1. The van der Waals surface area contributed by atoms with E-state index in [2.05, 4.69) is 5.32 Å². The van der Waals surface area contributed by atoms with Gasteiger partial charge in [0, 0.05) is 44.0 Å². The third kappa shape index (κ3) is 7.51. The summed E-state index contributed by atoms with van der Waals surface area (Å²) < 4.78 is 49.1. The van der Waals surface area contributed by atoms with Gasteiger partial charge in [-0.25, -0.2) is 8.42 Å². The first-order valence-corrected chi connectivity index (χ1v) is 13.8. The summed E-state index contributed by atoms with van der Waals surface area (Å²) in [6.45, 7) is 0.285. The van der Waals surface area contributed by atoms with E-state index in [4.69, 9.17) is 18.9 Å². The van der Waals surface area contributed by atoms with E-state index in [1.807, 2.05) is 17.5 Å². The summed E-state index contributed by atoms with van der Waals surface area (Å²) in [5, 5.41) is 14.2. The number of rotatable bonds is 14. The average molecular weight is 541 g/mol. The number of carbonyl (C=O) groups excluding carboxylic acids is 1. The molecule has 2 heterocycles. The first kappa shape index (κ1) is 28.1. The fourth-order valence-electron chi connectivity index (χ4n) is 3.62. The number of ether oxygens (including phenoxy) is 4. The van der Waals surface area contributed by atoms with E-state index in [0.29, 0.717) is 25.3 Å². The summed E-state index contributed by atoms with van der Waals surface area (Å²) in [6, 6.07) is 9.95. The predicted octanol–water partition coefficient (Wildman–Crippen LogP) is 1.93. The van der Waals surface area contributed by atoms with Crippen LogP contribution in [0.15, 0.2) is 58.5 Å². The fourth-order valence-corrected chi connectivity index (χ4v) is 5.84. The zero-order valence-electron chi connectivity index (χ0n) is 20.3. The molecule has 1 aliphatic rings. The standard InChI is InChI=1S/C24H32N2O8S2/c1-31-13-9-25-24(28)21-16-18(22-4-3-15-35-22)17-23(34-21)33-14-11-26(10-12-27)36(29,30)20-7-5-19(32-2)6-8-20/h3-8,15-16,18,23,27H,9-14,17H2,1-2H3,(H,25,28)/t18-,23+/m0/s1. The Hall–Kier alpha value is -2.48. The van der Waals surface area contributed by atoms with Crippen molar-refractivity contribution in [2.45, 2.75) is 23.5 Å². The normalized spacial score (nSPS) is 17.9. The molecule has 0 saturated carbocycles. The second-order valence-corrected chi connectivity index (χ2v) is 10.8. The molecule has 0 saturated heterocycles. The van der Waals surface area contributed by atoms with Crippen molar-refractivity contribution in [3.8, 4) is 5.75 Å². The number of amides is 1. The van der Waals surface area contributed by atoms with Gasteiger partial charge in [-0.1, -0.05) is 6.07 Å². The van der Waals surface area contributed by atoms with Gasteiger partial charge in [-0.05, 0) is 41.8 Å². The maximum Gasteiger partial charge on any atom is 0.286 e. The van der Waals surface area contributed by atoms with Gasteiger partial charge in [0.15, 0.2) is 5.76 Å². The first-order valence-electron chi connectivity index (χ1n) is 11.4. The van der Waals surface area contributed by atoms with Gasteiger partial charge in [0.25, 0.3) is 5.91 Å². The number of hydrogen-bond acceptors (Lipinski definition) is 9. The second kappa shape index (κ2) is 13.7. The van der Waals surface area contributed by atoms with Gasteiger partial charge in [-0.15, -0.1) is 11.3 Å². The van der Waals surface area contributed by atoms with Gasteiger partial charge in [0.2, 0.25) is 16.3 Å². The molecule has 12 heteroatoms. The Morgan fingerprint density at radius 3 is 2.61 bits per heavy atom. The number of nitrogens with zero attached hydrogens (tertiary/aromatic N) is 1. The number of sulfonamides is 1. The molecule has 2 N–H and O–H groups in total. The van der Waals surface area contributed by atoms with Crippen LogP contribution in [0, 0.1) is 0 Å². The molecule has 198 valence electrons. The summed E-state index contributed by atoms with van der Waals surface area (Å²) in [5.74, 6) is 0.240. The van der Waals surface area contributed by atoms with Crippen LogP contribution >= 0.6 is 11.3 Å². The molecule has 0 radical (unpaired) electrons. The van der Waals surface area contributed by atoms with E-state index in [1.165, 1.54) is 19.2 Å². The largest absolute Gasteiger partial charge is 0.497 e. The molecule has 2 aromatic rings. The summed E-state index contributed by atoms with van der Waals surface area (Å²) >= 11 is 1.57. The zero-order chi connectivity index (χ0) is 26.0.